The van der Waals surface area contributed by atoms with E-state index in [1.54, 1.807) is 36.4 Å². The van der Waals surface area contributed by atoms with Gasteiger partial charge in [-0.15, -0.1) is 0 Å². The van der Waals surface area contributed by atoms with Crippen molar-refractivity contribution in [2.45, 2.75) is 0 Å². The summed E-state index contributed by atoms with van der Waals surface area (Å²) >= 11 is 23.7. The van der Waals surface area contributed by atoms with Crippen molar-refractivity contribution in [1.82, 2.24) is 5.32 Å². The van der Waals surface area contributed by atoms with Crippen LogP contribution in [0.25, 0.3) is 11.3 Å². The molecule has 1 aromatic heterocycles. The summed E-state index contributed by atoms with van der Waals surface area (Å²) in [7, 11) is 0. The zero-order valence-corrected chi connectivity index (χ0v) is 19.2. The van der Waals surface area contributed by atoms with Gasteiger partial charge in [0.25, 0.3) is 5.91 Å². The summed E-state index contributed by atoms with van der Waals surface area (Å²) in [6.45, 7) is 0. The lowest BCUT2D eigenvalue weighted by atomic mass is 10.2. The molecule has 2 aromatic carbocycles. The quantitative estimate of drug-likeness (QED) is 0.246. The number of hydrogen-bond donors (Lipinski definition) is 3. The molecule has 0 aliphatic heterocycles. The molecule has 5 nitrogen and oxygen atoms in total. The largest absolute Gasteiger partial charge is 0.506 e. The lowest BCUT2D eigenvalue weighted by molar-refractivity contribution is 0.0951. The Morgan fingerprint density at radius 3 is 2.39 bits per heavy atom. The molecule has 144 valence electrons. The standard InChI is InChI=1S/C18H10Br2Cl2N2O3S/c19-11-6-9(7-12(20)16(11)25)23-18(28)24-17(26)15-4-3-14(27-15)10-2-1-8(21)5-13(10)22/h1-7,25H,(H2,23,24,26,28). The van der Waals surface area contributed by atoms with E-state index < -0.39 is 5.91 Å². The Bertz CT molecular complexity index is 1070. The van der Waals surface area contributed by atoms with Gasteiger partial charge < -0.3 is 14.8 Å². The van der Waals surface area contributed by atoms with Crippen molar-refractivity contribution in [2.24, 2.45) is 0 Å². The van der Waals surface area contributed by atoms with E-state index in [1.807, 2.05) is 0 Å². The van der Waals surface area contributed by atoms with Gasteiger partial charge in [0.15, 0.2) is 10.9 Å². The summed E-state index contributed by atoms with van der Waals surface area (Å²) in [6, 6.07) is 11.4. The van der Waals surface area contributed by atoms with Crippen LogP contribution in [-0.4, -0.2) is 16.1 Å². The summed E-state index contributed by atoms with van der Waals surface area (Å²) in [5.41, 5.74) is 1.18. The number of benzene rings is 2. The molecule has 0 bridgehead atoms. The number of nitrogens with one attached hydrogen (secondary N) is 2. The number of phenolic OH excluding ortho intramolecular Hbond substituents is 1. The number of anilines is 1. The van der Waals surface area contributed by atoms with E-state index in [-0.39, 0.29) is 16.6 Å². The lowest BCUT2D eigenvalue weighted by Gasteiger charge is -2.10. The average Bonchev–Trinajstić information content (AvgIpc) is 3.09. The summed E-state index contributed by atoms with van der Waals surface area (Å²) in [5.74, 6) is 0.0329. The molecular weight excluding hydrogens is 555 g/mol. The Morgan fingerprint density at radius 1 is 1.07 bits per heavy atom. The third kappa shape index (κ3) is 4.87. The first-order valence-electron chi connectivity index (χ1n) is 7.60. The minimum atomic E-state index is -0.522. The Hall–Kier alpha value is -1.58. The molecule has 1 amide bonds. The molecule has 28 heavy (non-hydrogen) atoms. The number of rotatable bonds is 3. The Labute approximate surface area is 192 Å². The van der Waals surface area contributed by atoms with Gasteiger partial charge >= 0.3 is 0 Å². The van der Waals surface area contributed by atoms with Gasteiger partial charge in [-0.25, -0.2) is 0 Å². The van der Waals surface area contributed by atoms with E-state index in [9.17, 15) is 9.90 Å². The predicted molar refractivity (Wildman–Crippen MR) is 121 cm³/mol. The van der Waals surface area contributed by atoms with Gasteiger partial charge in [0.1, 0.15) is 11.5 Å². The minimum Gasteiger partial charge on any atom is -0.506 e. The number of aromatic hydroxyl groups is 1. The van der Waals surface area contributed by atoms with E-state index in [0.29, 0.717) is 36.0 Å². The van der Waals surface area contributed by atoms with E-state index in [4.69, 9.17) is 39.8 Å². The number of carbonyl (C=O) groups excluding carboxylic acids is 1. The maximum absolute atomic E-state index is 12.4. The third-order valence-corrected chi connectivity index (χ3v) is 5.49. The monoisotopic (exact) mass is 562 g/mol. The van der Waals surface area contributed by atoms with Gasteiger partial charge in [0, 0.05) is 16.3 Å². The lowest BCUT2D eigenvalue weighted by Crippen LogP contribution is -2.33. The van der Waals surface area contributed by atoms with Crippen LogP contribution in [0.5, 0.6) is 5.75 Å². The average molecular weight is 565 g/mol. The molecule has 0 radical (unpaired) electrons. The number of thiocarbonyl (C=S) groups is 1. The Kier molecular flexibility index (Phi) is 6.67. The van der Waals surface area contributed by atoms with Crippen LogP contribution in [-0.2, 0) is 0 Å². The van der Waals surface area contributed by atoms with Gasteiger partial charge in [0.2, 0.25) is 0 Å². The van der Waals surface area contributed by atoms with Crippen LogP contribution in [0, 0.1) is 0 Å². The molecule has 0 saturated heterocycles. The highest BCUT2D eigenvalue weighted by atomic mass is 79.9. The fourth-order valence-electron chi connectivity index (χ4n) is 2.26. The fraction of sp³-hybridized carbons (Fsp3) is 0. The number of phenols is 1. The Balaban J connectivity index is 1.70. The van der Waals surface area contributed by atoms with Crippen molar-refractivity contribution < 1.29 is 14.3 Å². The first kappa shape index (κ1) is 21.1. The normalized spacial score (nSPS) is 10.6. The molecule has 1 heterocycles. The molecule has 0 aliphatic carbocycles. The van der Waals surface area contributed by atoms with Crippen LogP contribution >= 0.6 is 67.3 Å². The smallest absolute Gasteiger partial charge is 0.293 e. The SMILES string of the molecule is O=C(NC(=S)Nc1cc(Br)c(O)c(Br)c1)c1ccc(-c2ccc(Cl)cc2Cl)o1. The molecule has 0 saturated carbocycles. The number of furan rings is 1. The second kappa shape index (κ2) is 8.84. The van der Waals surface area contributed by atoms with Crippen LogP contribution in [0.2, 0.25) is 10.0 Å². The van der Waals surface area contributed by atoms with E-state index in [0.717, 1.165) is 0 Å². The molecule has 3 rings (SSSR count). The topological polar surface area (TPSA) is 74.5 Å². The summed E-state index contributed by atoms with van der Waals surface area (Å²) in [5, 5.41) is 16.1. The maximum atomic E-state index is 12.4. The third-order valence-electron chi connectivity index (χ3n) is 3.53. The van der Waals surface area contributed by atoms with Gasteiger partial charge in [-0.2, -0.15) is 0 Å². The van der Waals surface area contributed by atoms with Crippen molar-refractivity contribution in [3.05, 3.63) is 67.2 Å². The van der Waals surface area contributed by atoms with Crippen LogP contribution in [0.4, 0.5) is 5.69 Å². The molecule has 3 aromatic rings. The van der Waals surface area contributed by atoms with Gasteiger partial charge in [-0.3, -0.25) is 10.1 Å². The number of halogens is 4. The highest BCUT2D eigenvalue weighted by molar-refractivity contribution is 9.11. The van der Waals surface area contributed by atoms with E-state index >= 15 is 0 Å². The van der Waals surface area contributed by atoms with E-state index in [1.165, 1.54) is 6.07 Å². The van der Waals surface area contributed by atoms with Crippen LogP contribution in [0.1, 0.15) is 10.6 Å². The predicted octanol–water partition coefficient (Wildman–Crippen LogP) is 6.61. The molecule has 10 heteroatoms. The van der Waals surface area contributed by atoms with Crippen molar-refractivity contribution in [3.8, 4) is 17.1 Å². The highest BCUT2D eigenvalue weighted by Crippen LogP contribution is 2.35. The Morgan fingerprint density at radius 2 is 1.75 bits per heavy atom. The van der Waals surface area contributed by atoms with Gasteiger partial charge in [-0.05, 0) is 86.5 Å². The molecule has 0 spiro atoms. The van der Waals surface area contributed by atoms with Crippen molar-refractivity contribution >= 4 is 84.0 Å². The second-order valence-electron chi connectivity index (χ2n) is 5.48. The van der Waals surface area contributed by atoms with E-state index in [2.05, 4.69) is 42.5 Å². The van der Waals surface area contributed by atoms with Crippen LogP contribution in [0.3, 0.4) is 0 Å². The second-order valence-corrected chi connectivity index (χ2v) is 8.45. The summed E-state index contributed by atoms with van der Waals surface area (Å²) in [6.07, 6.45) is 0. The summed E-state index contributed by atoms with van der Waals surface area (Å²) < 4.78 is 6.52. The van der Waals surface area contributed by atoms with Crippen LogP contribution < -0.4 is 10.6 Å². The van der Waals surface area contributed by atoms with Gasteiger partial charge in [0.05, 0.1) is 14.0 Å². The maximum Gasteiger partial charge on any atom is 0.293 e. The van der Waals surface area contributed by atoms with Crippen LogP contribution in [0.15, 0.2) is 55.8 Å². The summed E-state index contributed by atoms with van der Waals surface area (Å²) in [4.78, 5) is 12.4. The van der Waals surface area contributed by atoms with Crippen molar-refractivity contribution in [3.63, 3.8) is 0 Å². The molecule has 0 unspecified atom stereocenters. The highest BCUT2D eigenvalue weighted by Gasteiger charge is 2.16. The molecular formula is C18H10Br2Cl2N2O3S. The minimum absolute atomic E-state index is 0.0597. The molecule has 0 atom stereocenters. The zero-order chi connectivity index (χ0) is 20.4. The first-order valence-corrected chi connectivity index (χ1v) is 10.3. The number of hydrogen-bond acceptors (Lipinski definition) is 4. The van der Waals surface area contributed by atoms with Crippen molar-refractivity contribution in [1.29, 1.82) is 0 Å². The molecule has 0 aliphatic rings. The number of carbonyl (C=O) groups is 1. The molecule has 0 fully saturated rings. The molecule has 3 N–H and O–H groups in total. The van der Waals surface area contributed by atoms with Gasteiger partial charge in [-0.1, -0.05) is 23.2 Å². The first-order chi connectivity index (χ1) is 13.2. The van der Waals surface area contributed by atoms with Crippen molar-refractivity contribution in [2.75, 3.05) is 5.32 Å². The number of amides is 1. The fourth-order valence-corrected chi connectivity index (χ4v) is 4.16. The zero-order valence-electron chi connectivity index (χ0n) is 13.7.